The molecule has 0 amide bonds. The molecule has 0 aromatic heterocycles. The van der Waals surface area contributed by atoms with Crippen LogP contribution >= 0.6 is 0 Å². The monoisotopic (exact) mass is 302 g/mol. The summed E-state index contributed by atoms with van der Waals surface area (Å²) in [6, 6.07) is 7.71. The summed E-state index contributed by atoms with van der Waals surface area (Å²) in [5.41, 5.74) is 1.09. The number of phenols is 1. The molecule has 0 radical (unpaired) electrons. The molecule has 0 heterocycles. The van der Waals surface area contributed by atoms with Crippen molar-refractivity contribution in [1.29, 1.82) is 0 Å². The third-order valence-corrected chi connectivity index (χ3v) is 4.61. The first-order valence-corrected chi connectivity index (χ1v) is 8.33. The van der Waals surface area contributed by atoms with Crippen molar-refractivity contribution in [2.75, 3.05) is 0 Å². The second-order valence-corrected chi connectivity index (χ2v) is 6.20. The molecule has 2 N–H and O–H groups in total. The first kappa shape index (κ1) is 16.6. The van der Waals surface area contributed by atoms with Crippen molar-refractivity contribution in [2.45, 2.75) is 57.3 Å². The van der Waals surface area contributed by atoms with Gasteiger partial charge in [0.15, 0.2) is 0 Å². The van der Waals surface area contributed by atoms with Gasteiger partial charge in [-0.15, -0.1) is 0 Å². The van der Waals surface area contributed by atoms with Gasteiger partial charge in [0.1, 0.15) is 5.75 Å². The predicted octanol–water partition coefficient (Wildman–Crippen LogP) is 4.87. The number of unbranched alkanes of at least 4 members (excludes halogenated alkanes) is 1. The summed E-state index contributed by atoms with van der Waals surface area (Å²) in [6.45, 7) is 0. The first-order chi connectivity index (χ1) is 10.7. The van der Waals surface area contributed by atoms with Crippen molar-refractivity contribution in [3.05, 3.63) is 42.0 Å². The van der Waals surface area contributed by atoms with Crippen LogP contribution in [0.15, 0.2) is 36.4 Å². The number of allylic oxidation sites excluding steroid dienone is 2. The maximum Gasteiger partial charge on any atom is 0.303 e. The maximum absolute atomic E-state index is 10.5. The van der Waals surface area contributed by atoms with Gasteiger partial charge in [-0.05, 0) is 55.6 Å². The zero-order chi connectivity index (χ0) is 15.8. The lowest BCUT2D eigenvalue weighted by atomic mass is 9.73. The predicted molar refractivity (Wildman–Crippen MR) is 88.0 cm³/mol. The fraction of sp³-hybridized carbons (Fsp3) is 0.526. The van der Waals surface area contributed by atoms with Gasteiger partial charge in [0.05, 0.1) is 0 Å². The highest BCUT2D eigenvalue weighted by Gasteiger charge is 2.27. The number of carboxylic acid groups (broad SMARTS) is 1. The number of carbonyl (C=O) groups is 1. The number of hydrogen-bond acceptors (Lipinski definition) is 2. The molecule has 2 atom stereocenters. The second kappa shape index (κ2) is 8.62. The van der Waals surface area contributed by atoms with Gasteiger partial charge in [0.25, 0.3) is 0 Å². The Morgan fingerprint density at radius 3 is 2.73 bits per heavy atom. The number of para-hydroxylation sites is 1. The summed E-state index contributed by atoms with van der Waals surface area (Å²) in [5.74, 6) is 0.724. The highest BCUT2D eigenvalue weighted by molar-refractivity contribution is 5.66. The summed E-state index contributed by atoms with van der Waals surface area (Å²) in [7, 11) is 0. The second-order valence-electron chi connectivity index (χ2n) is 6.20. The maximum atomic E-state index is 10.5. The Morgan fingerprint density at radius 2 is 1.95 bits per heavy atom. The minimum Gasteiger partial charge on any atom is -0.508 e. The number of phenolic OH excluding ortho intramolecular Hbond substituents is 1. The summed E-state index contributed by atoms with van der Waals surface area (Å²) < 4.78 is 0. The smallest absolute Gasteiger partial charge is 0.303 e. The highest BCUT2D eigenvalue weighted by atomic mass is 16.4. The molecular formula is C19H26O3. The van der Waals surface area contributed by atoms with Crippen LogP contribution in [0, 0.1) is 5.92 Å². The Labute approximate surface area is 132 Å². The molecule has 1 aromatic rings. The van der Waals surface area contributed by atoms with Crippen molar-refractivity contribution >= 4 is 5.97 Å². The Morgan fingerprint density at radius 1 is 1.18 bits per heavy atom. The minimum absolute atomic E-state index is 0.244. The summed E-state index contributed by atoms with van der Waals surface area (Å²) in [5, 5.41) is 18.7. The number of rotatable bonds is 7. The Kier molecular flexibility index (Phi) is 6.50. The van der Waals surface area contributed by atoms with E-state index >= 15 is 0 Å². The van der Waals surface area contributed by atoms with E-state index in [1.54, 1.807) is 6.07 Å². The number of aromatic hydroxyl groups is 1. The third kappa shape index (κ3) is 4.90. The number of carboxylic acids is 1. The Hall–Kier alpha value is -1.77. The van der Waals surface area contributed by atoms with E-state index in [4.69, 9.17) is 5.11 Å². The van der Waals surface area contributed by atoms with Crippen LogP contribution in [0.5, 0.6) is 5.75 Å². The van der Waals surface area contributed by atoms with Crippen LogP contribution in [0.1, 0.15) is 62.8 Å². The number of aliphatic carboxylic acids is 1. The van der Waals surface area contributed by atoms with E-state index in [9.17, 15) is 9.90 Å². The van der Waals surface area contributed by atoms with Crippen LogP contribution < -0.4 is 0 Å². The lowest BCUT2D eigenvalue weighted by molar-refractivity contribution is -0.137. The molecule has 0 spiro atoms. The van der Waals surface area contributed by atoms with E-state index in [-0.39, 0.29) is 6.42 Å². The van der Waals surface area contributed by atoms with E-state index in [0.29, 0.717) is 24.0 Å². The first-order valence-electron chi connectivity index (χ1n) is 8.33. The van der Waals surface area contributed by atoms with Crippen molar-refractivity contribution in [3.8, 4) is 5.75 Å². The standard InChI is InChI=1S/C19H26O3/c20-18-13-8-7-12-17(18)16-11-6-5-10-15(16)9-3-1-2-4-14-19(21)22/h1,3,7-8,12-13,15-16,20H,2,4-6,9-11,14H2,(H,21,22)/b3-1-. The molecule has 3 heteroatoms. The van der Waals surface area contributed by atoms with Gasteiger partial charge in [-0.25, -0.2) is 0 Å². The topological polar surface area (TPSA) is 57.5 Å². The summed E-state index contributed by atoms with van der Waals surface area (Å²) in [4.78, 5) is 10.5. The van der Waals surface area contributed by atoms with Crippen LogP contribution in [-0.2, 0) is 4.79 Å². The van der Waals surface area contributed by atoms with Crippen LogP contribution in [0.2, 0.25) is 0 Å². The molecule has 1 aromatic carbocycles. The Bertz CT molecular complexity index is 507. The lowest BCUT2D eigenvalue weighted by Gasteiger charge is -2.31. The van der Waals surface area contributed by atoms with Gasteiger partial charge < -0.3 is 10.2 Å². The summed E-state index contributed by atoms with van der Waals surface area (Å²) in [6.07, 6.45) is 12.0. The van der Waals surface area contributed by atoms with Gasteiger partial charge in [0.2, 0.25) is 0 Å². The molecular weight excluding hydrogens is 276 g/mol. The fourth-order valence-electron chi connectivity index (χ4n) is 3.46. The molecule has 1 fully saturated rings. The summed E-state index contributed by atoms with van der Waals surface area (Å²) >= 11 is 0. The molecule has 0 aliphatic heterocycles. The quantitative estimate of drug-likeness (QED) is 0.558. The largest absolute Gasteiger partial charge is 0.508 e. The van der Waals surface area contributed by atoms with Crippen molar-refractivity contribution in [2.24, 2.45) is 5.92 Å². The van der Waals surface area contributed by atoms with E-state index in [1.807, 2.05) is 12.1 Å². The normalized spacial score (nSPS) is 22.0. The molecule has 22 heavy (non-hydrogen) atoms. The SMILES string of the molecule is O=C(O)CCC/C=C\CC1CCCCC1c1ccccc1O. The van der Waals surface area contributed by atoms with Gasteiger partial charge in [-0.2, -0.15) is 0 Å². The molecule has 1 saturated carbocycles. The highest BCUT2D eigenvalue weighted by Crippen LogP contribution is 2.42. The van der Waals surface area contributed by atoms with E-state index < -0.39 is 5.97 Å². The molecule has 2 rings (SSSR count). The molecule has 3 nitrogen and oxygen atoms in total. The van der Waals surface area contributed by atoms with Gasteiger partial charge >= 0.3 is 5.97 Å². The Balaban J connectivity index is 1.89. The van der Waals surface area contributed by atoms with Crippen LogP contribution in [-0.4, -0.2) is 16.2 Å². The third-order valence-electron chi connectivity index (χ3n) is 4.61. The van der Waals surface area contributed by atoms with E-state index in [0.717, 1.165) is 24.8 Å². The van der Waals surface area contributed by atoms with Crippen LogP contribution in [0.4, 0.5) is 0 Å². The zero-order valence-electron chi connectivity index (χ0n) is 13.1. The molecule has 1 aliphatic carbocycles. The molecule has 0 saturated heterocycles. The van der Waals surface area contributed by atoms with Crippen molar-refractivity contribution < 1.29 is 15.0 Å². The molecule has 120 valence electrons. The van der Waals surface area contributed by atoms with E-state index in [1.165, 1.54) is 19.3 Å². The van der Waals surface area contributed by atoms with Gasteiger partial charge in [0, 0.05) is 6.42 Å². The average molecular weight is 302 g/mol. The molecule has 0 bridgehead atoms. The van der Waals surface area contributed by atoms with E-state index in [2.05, 4.69) is 18.2 Å². The van der Waals surface area contributed by atoms with Crippen molar-refractivity contribution in [3.63, 3.8) is 0 Å². The van der Waals surface area contributed by atoms with Crippen molar-refractivity contribution in [1.82, 2.24) is 0 Å². The number of benzene rings is 1. The van der Waals surface area contributed by atoms with Crippen LogP contribution in [0.3, 0.4) is 0 Å². The van der Waals surface area contributed by atoms with Crippen LogP contribution in [0.25, 0.3) is 0 Å². The molecule has 2 unspecified atom stereocenters. The lowest BCUT2D eigenvalue weighted by Crippen LogP contribution is -2.17. The minimum atomic E-state index is -0.722. The molecule has 1 aliphatic rings. The van der Waals surface area contributed by atoms with Gasteiger partial charge in [-0.1, -0.05) is 43.2 Å². The average Bonchev–Trinajstić information content (AvgIpc) is 2.51. The number of hydrogen-bond donors (Lipinski definition) is 2. The zero-order valence-corrected chi connectivity index (χ0v) is 13.1. The fourth-order valence-corrected chi connectivity index (χ4v) is 3.46. The van der Waals surface area contributed by atoms with Gasteiger partial charge in [-0.3, -0.25) is 4.79 Å².